The number of nitrogens with zero attached hydrogens (tertiary/aromatic N) is 1. The summed E-state index contributed by atoms with van der Waals surface area (Å²) in [6, 6.07) is 4.91. The number of rotatable bonds is 7. The fraction of sp³-hybridized carbons (Fsp3) is 0.450. The van der Waals surface area contributed by atoms with Gasteiger partial charge >= 0.3 is 5.97 Å². The number of amides is 2. The molecule has 1 N–H and O–H groups in total. The van der Waals surface area contributed by atoms with Crippen molar-refractivity contribution in [3.8, 4) is 5.75 Å². The third kappa shape index (κ3) is 5.99. The molecular weight excluding hydrogens is 384 g/mol. The van der Waals surface area contributed by atoms with Gasteiger partial charge in [0.1, 0.15) is 5.75 Å². The smallest absolute Gasteiger partial charge is 0.330 e. The number of carbonyl (C=O) groups excluding carboxylic acids is 3. The minimum Gasteiger partial charge on any atom is -0.496 e. The lowest BCUT2D eigenvalue weighted by Crippen LogP contribution is -2.45. The largest absolute Gasteiger partial charge is 0.496 e. The summed E-state index contributed by atoms with van der Waals surface area (Å²) < 4.78 is 9.76. The van der Waals surface area contributed by atoms with Crippen molar-refractivity contribution in [2.75, 3.05) is 33.9 Å². The molecule has 1 aromatic carbocycles. The Morgan fingerprint density at radius 2 is 2.11 bits per heavy atom. The van der Waals surface area contributed by atoms with Crippen LogP contribution in [0.15, 0.2) is 30.4 Å². The molecule has 7 nitrogen and oxygen atoms in total. The van der Waals surface area contributed by atoms with E-state index in [1.54, 1.807) is 29.2 Å². The predicted octanol–water partition coefficient (Wildman–Crippen LogP) is 2.44. The number of halogens is 1. The summed E-state index contributed by atoms with van der Waals surface area (Å²) in [6.45, 7) is 1.34. The van der Waals surface area contributed by atoms with Crippen molar-refractivity contribution in [2.45, 2.75) is 19.3 Å². The van der Waals surface area contributed by atoms with E-state index in [4.69, 9.17) is 16.3 Å². The van der Waals surface area contributed by atoms with Crippen LogP contribution in [0.3, 0.4) is 0 Å². The van der Waals surface area contributed by atoms with Gasteiger partial charge in [-0.05, 0) is 37.5 Å². The number of ether oxygens (including phenoxy) is 2. The number of piperidine rings is 1. The van der Waals surface area contributed by atoms with Gasteiger partial charge in [-0.15, -0.1) is 0 Å². The highest BCUT2D eigenvalue weighted by Gasteiger charge is 2.30. The van der Waals surface area contributed by atoms with Crippen LogP contribution in [0.1, 0.15) is 29.6 Å². The van der Waals surface area contributed by atoms with Crippen LogP contribution in [0.4, 0.5) is 0 Å². The summed E-state index contributed by atoms with van der Waals surface area (Å²) in [5, 5.41) is 3.30. The monoisotopic (exact) mass is 408 g/mol. The van der Waals surface area contributed by atoms with Gasteiger partial charge in [0.05, 0.1) is 25.7 Å². The van der Waals surface area contributed by atoms with Crippen LogP contribution in [0, 0.1) is 5.92 Å². The number of hydrogen-bond acceptors (Lipinski definition) is 5. The second kappa shape index (κ2) is 10.7. The highest BCUT2D eigenvalue weighted by Crippen LogP contribution is 2.26. The molecule has 1 aliphatic heterocycles. The number of benzene rings is 1. The van der Waals surface area contributed by atoms with E-state index in [1.807, 2.05) is 0 Å². The number of carbonyl (C=O) groups is 3. The zero-order chi connectivity index (χ0) is 20.5. The minimum absolute atomic E-state index is 0.0953. The average Bonchev–Trinajstić information content (AvgIpc) is 2.72. The number of likely N-dealkylation sites (tertiary alicyclic amines) is 1. The first-order valence-corrected chi connectivity index (χ1v) is 9.49. The first-order chi connectivity index (χ1) is 13.5. The summed E-state index contributed by atoms with van der Waals surface area (Å²) in [4.78, 5) is 38.0. The van der Waals surface area contributed by atoms with Crippen molar-refractivity contribution in [2.24, 2.45) is 5.92 Å². The molecule has 0 saturated carbocycles. The molecule has 2 rings (SSSR count). The number of esters is 1. The van der Waals surface area contributed by atoms with Crippen molar-refractivity contribution in [1.82, 2.24) is 10.2 Å². The van der Waals surface area contributed by atoms with Crippen molar-refractivity contribution < 1.29 is 23.9 Å². The molecule has 1 fully saturated rings. The van der Waals surface area contributed by atoms with Crippen LogP contribution < -0.4 is 10.1 Å². The Balaban J connectivity index is 1.92. The first-order valence-electron chi connectivity index (χ1n) is 9.11. The quantitative estimate of drug-likeness (QED) is 0.425. The van der Waals surface area contributed by atoms with E-state index in [2.05, 4.69) is 10.1 Å². The summed E-state index contributed by atoms with van der Waals surface area (Å²) in [5.74, 6) is -0.532. The molecule has 1 atom stereocenters. The Morgan fingerprint density at radius 3 is 2.82 bits per heavy atom. The van der Waals surface area contributed by atoms with E-state index < -0.39 is 5.97 Å². The van der Waals surface area contributed by atoms with Crippen LogP contribution in [-0.4, -0.2) is 56.5 Å². The predicted molar refractivity (Wildman–Crippen MR) is 105 cm³/mol. The van der Waals surface area contributed by atoms with Gasteiger partial charge in [-0.1, -0.05) is 17.7 Å². The van der Waals surface area contributed by atoms with Crippen molar-refractivity contribution in [1.29, 1.82) is 0 Å². The maximum Gasteiger partial charge on any atom is 0.330 e. The summed E-state index contributed by atoms with van der Waals surface area (Å²) in [7, 11) is 2.81. The summed E-state index contributed by atoms with van der Waals surface area (Å²) >= 11 is 6.02. The van der Waals surface area contributed by atoms with Gasteiger partial charge in [0.2, 0.25) is 5.91 Å². The van der Waals surface area contributed by atoms with Crippen LogP contribution in [-0.2, 0) is 14.3 Å². The maximum atomic E-state index is 12.9. The van der Waals surface area contributed by atoms with Crippen LogP contribution >= 0.6 is 11.6 Å². The Kier molecular flexibility index (Phi) is 8.32. The number of nitrogens with one attached hydrogen (secondary N) is 1. The summed E-state index contributed by atoms with van der Waals surface area (Å²) in [6.07, 6.45) is 4.96. The zero-order valence-electron chi connectivity index (χ0n) is 16.1. The molecule has 1 heterocycles. The van der Waals surface area contributed by atoms with E-state index in [0.717, 1.165) is 12.8 Å². The lowest BCUT2D eigenvalue weighted by Gasteiger charge is -2.32. The first kappa shape index (κ1) is 21.8. The second-order valence-corrected chi connectivity index (χ2v) is 6.88. The van der Waals surface area contributed by atoms with Crippen LogP contribution in [0.25, 0.3) is 0 Å². The van der Waals surface area contributed by atoms with Gasteiger partial charge in [-0.3, -0.25) is 9.59 Å². The molecule has 1 saturated heterocycles. The maximum absolute atomic E-state index is 12.9. The highest BCUT2D eigenvalue weighted by atomic mass is 35.5. The van der Waals surface area contributed by atoms with Crippen LogP contribution in [0.2, 0.25) is 5.02 Å². The Bertz CT molecular complexity index is 750. The zero-order valence-corrected chi connectivity index (χ0v) is 16.8. The normalized spacial score (nSPS) is 16.7. The van der Waals surface area contributed by atoms with E-state index in [-0.39, 0.29) is 17.7 Å². The van der Waals surface area contributed by atoms with Gasteiger partial charge in [0.25, 0.3) is 5.91 Å². The van der Waals surface area contributed by atoms with Gasteiger partial charge < -0.3 is 19.7 Å². The van der Waals surface area contributed by atoms with E-state index in [1.165, 1.54) is 20.3 Å². The minimum atomic E-state index is -0.427. The number of methoxy groups -OCH3 is 2. The van der Waals surface area contributed by atoms with Crippen molar-refractivity contribution in [3.63, 3.8) is 0 Å². The van der Waals surface area contributed by atoms with Gasteiger partial charge in [0, 0.05) is 30.7 Å². The molecular formula is C20H25ClN2O5. The molecule has 0 unspecified atom stereocenters. The van der Waals surface area contributed by atoms with Gasteiger partial charge in [-0.25, -0.2) is 4.79 Å². The molecule has 2 amide bonds. The fourth-order valence-electron chi connectivity index (χ4n) is 3.06. The molecule has 28 heavy (non-hydrogen) atoms. The lowest BCUT2D eigenvalue weighted by atomic mass is 9.96. The van der Waals surface area contributed by atoms with Gasteiger partial charge in [-0.2, -0.15) is 0 Å². The van der Waals surface area contributed by atoms with E-state index in [9.17, 15) is 14.4 Å². The standard InChI is InChI=1S/C20H25ClN2O5/c1-27-17-9-8-15(21)12-16(17)20(26)23-11-5-6-14(13-23)19(25)22-10-4-3-7-18(24)28-2/h3,7-9,12,14H,4-6,10-11,13H2,1-2H3,(H,22,25)/b7-3+/t14-/m0/s1. The van der Waals surface area contributed by atoms with E-state index in [0.29, 0.717) is 42.4 Å². The fourth-order valence-corrected chi connectivity index (χ4v) is 3.24. The van der Waals surface area contributed by atoms with Gasteiger partial charge in [0.15, 0.2) is 0 Å². The molecule has 152 valence electrons. The summed E-state index contributed by atoms with van der Waals surface area (Å²) in [5.41, 5.74) is 0.393. The Morgan fingerprint density at radius 1 is 1.32 bits per heavy atom. The third-order valence-electron chi connectivity index (χ3n) is 4.54. The van der Waals surface area contributed by atoms with E-state index >= 15 is 0 Å². The molecule has 0 aliphatic carbocycles. The molecule has 8 heteroatoms. The molecule has 1 aromatic rings. The highest BCUT2D eigenvalue weighted by molar-refractivity contribution is 6.31. The molecule has 1 aliphatic rings. The third-order valence-corrected chi connectivity index (χ3v) is 4.77. The Labute approximate surface area is 169 Å². The SMILES string of the molecule is COC(=O)/C=C/CCNC(=O)[C@H]1CCCN(C(=O)c2cc(Cl)ccc2OC)C1. The molecule has 0 spiro atoms. The van der Waals surface area contributed by atoms with Crippen molar-refractivity contribution in [3.05, 3.63) is 40.9 Å². The molecule has 0 radical (unpaired) electrons. The number of hydrogen-bond donors (Lipinski definition) is 1. The Hall–Kier alpha value is -2.54. The molecule has 0 aromatic heterocycles. The second-order valence-electron chi connectivity index (χ2n) is 6.44. The molecule has 0 bridgehead atoms. The van der Waals surface area contributed by atoms with Crippen LogP contribution in [0.5, 0.6) is 5.75 Å². The average molecular weight is 409 g/mol. The van der Waals surface area contributed by atoms with Crippen molar-refractivity contribution >= 4 is 29.4 Å². The lowest BCUT2D eigenvalue weighted by molar-refractivity contribution is -0.134. The topological polar surface area (TPSA) is 84.9 Å².